The van der Waals surface area contributed by atoms with Gasteiger partial charge in [0.15, 0.2) is 5.76 Å². The van der Waals surface area contributed by atoms with E-state index < -0.39 is 0 Å². The molecule has 0 atom stereocenters. The molecular weight excluding hydrogens is 230 g/mol. The van der Waals surface area contributed by atoms with Crippen LogP contribution in [-0.2, 0) is 11.3 Å². The average Bonchev–Trinajstić information content (AvgIpc) is 3.14. The van der Waals surface area contributed by atoms with Gasteiger partial charge in [0.2, 0.25) is 0 Å². The number of nitrogens with zero attached hydrogens (tertiary/aromatic N) is 1. The highest BCUT2D eigenvalue weighted by molar-refractivity contribution is 5.90. The molecule has 0 unspecified atom stereocenters. The molecule has 1 heterocycles. The Kier molecular flexibility index (Phi) is 2.84. The van der Waals surface area contributed by atoms with Crippen LogP contribution in [0.2, 0.25) is 0 Å². The number of rotatable bonds is 4. The number of benzene rings is 1. The molecule has 1 aliphatic carbocycles. The second-order valence-electron chi connectivity index (χ2n) is 4.44. The Bertz CT molecular complexity index is 543. The molecule has 1 aliphatic rings. The Morgan fingerprint density at radius 3 is 2.83 bits per heavy atom. The Labute approximate surface area is 105 Å². The minimum atomic E-state index is -0.359. The van der Waals surface area contributed by atoms with Crippen molar-refractivity contribution < 1.29 is 14.1 Å². The molecule has 0 saturated heterocycles. The van der Waals surface area contributed by atoms with Gasteiger partial charge in [0.25, 0.3) is 0 Å². The van der Waals surface area contributed by atoms with Gasteiger partial charge in [-0.1, -0.05) is 35.5 Å². The van der Waals surface area contributed by atoms with Gasteiger partial charge in [0.1, 0.15) is 12.2 Å². The summed E-state index contributed by atoms with van der Waals surface area (Å²) >= 11 is 0. The Morgan fingerprint density at radius 1 is 1.33 bits per heavy atom. The Hall–Kier alpha value is -2.10. The zero-order valence-electron chi connectivity index (χ0n) is 9.83. The van der Waals surface area contributed by atoms with Crippen molar-refractivity contribution in [2.75, 3.05) is 0 Å². The van der Waals surface area contributed by atoms with E-state index >= 15 is 0 Å². The maximum atomic E-state index is 11.9. The van der Waals surface area contributed by atoms with E-state index in [4.69, 9.17) is 9.26 Å². The normalized spacial score (nSPS) is 14.4. The minimum absolute atomic E-state index is 0.273. The van der Waals surface area contributed by atoms with E-state index in [2.05, 4.69) is 5.16 Å². The van der Waals surface area contributed by atoms with Crippen LogP contribution in [-0.4, -0.2) is 11.1 Å². The molecule has 1 aromatic heterocycles. The van der Waals surface area contributed by atoms with E-state index in [1.165, 1.54) is 6.20 Å². The van der Waals surface area contributed by atoms with Crippen molar-refractivity contribution in [1.82, 2.24) is 5.16 Å². The molecule has 1 saturated carbocycles. The lowest BCUT2D eigenvalue weighted by Gasteiger charge is -2.03. The largest absolute Gasteiger partial charge is 0.457 e. The van der Waals surface area contributed by atoms with Crippen molar-refractivity contribution in [3.63, 3.8) is 0 Å². The van der Waals surface area contributed by atoms with Crippen LogP contribution in [0.1, 0.15) is 40.4 Å². The lowest BCUT2D eigenvalue weighted by molar-refractivity contribution is 0.0470. The summed E-state index contributed by atoms with van der Waals surface area (Å²) < 4.78 is 10.4. The molecule has 0 amide bonds. The fraction of sp³-hybridized carbons (Fsp3) is 0.286. The van der Waals surface area contributed by atoms with Gasteiger partial charge < -0.3 is 9.26 Å². The molecule has 3 rings (SSSR count). The molecule has 1 aromatic carbocycles. The van der Waals surface area contributed by atoms with Gasteiger partial charge in [-0.05, 0) is 18.4 Å². The predicted molar refractivity (Wildman–Crippen MR) is 64.0 cm³/mol. The second kappa shape index (κ2) is 4.64. The van der Waals surface area contributed by atoms with Gasteiger partial charge in [-0.15, -0.1) is 0 Å². The summed E-state index contributed by atoms with van der Waals surface area (Å²) in [6, 6.07) is 9.60. The average molecular weight is 243 g/mol. The first-order valence-corrected chi connectivity index (χ1v) is 6.00. The smallest absolute Gasteiger partial charge is 0.343 e. The van der Waals surface area contributed by atoms with Crippen LogP contribution in [0.4, 0.5) is 0 Å². The van der Waals surface area contributed by atoms with E-state index in [0.717, 1.165) is 18.4 Å². The molecule has 1 fully saturated rings. The number of esters is 1. The summed E-state index contributed by atoms with van der Waals surface area (Å²) in [6.07, 6.45) is 3.57. The number of carbonyl (C=O) groups is 1. The predicted octanol–water partition coefficient (Wildman–Crippen LogP) is 2.91. The van der Waals surface area contributed by atoms with Gasteiger partial charge in [-0.2, -0.15) is 0 Å². The topological polar surface area (TPSA) is 52.3 Å². The van der Waals surface area contributed by atoms with Crippen molar-refractivity contribution in [3.8, 4) is 0 Å². The van der Waals surface area contributed by atoms with Crippen LogP contribution in [0, 0.1) is 0 Å². The molecule has 0 N–H and O–H groups in total. The maximum absolute atomic E-state index is 11.9. The summed E-state index contributed by atoms with van der Waals surface area (Å²) in [5.41, 5.74) is 1.43. The summed E-state index contributed by atoms with van der Waals surface area (Å²) in [6.45, 7) is 0.273. The van der Waals surface area contributed by atoms with Crippen molar-refractivity contribution in [2.45, 2.75) is 25.4 Å². The molecule has 0 aliphatic heterocycles. The molecule has 92 valence electrons. The summed E-state index contributed by atoms with van der Waals surface area (Å²) in [5, 5.41) is 3.68. The number of aromatic nitrogens is 1. The van der Waals surface area contributed by atoms with E-state index in [1.807, 2.05) is 30.3 Å². The number of hydrogen-bond donors (Lipinski definition) is 0. The third-order valence-corrected chi connectivity index (χ3v) is 2.98. The number of hydrogen-bond acceptors (Lipinski definition) is 4. The van der Waals surface area contributed by atoms with Gasteiger partial charge in [-0.3, -0.25) is 0 Å². The minimum Gasteiger partial charge on any atom is -0.457 e. The van der Waals surface area contributed by atoms with Crippen LogP contribution in [0.25, 0.3) is 0 Å². The van der Waals surface area contributed by atoms with Crippen molar-refractivity contribution in [3.05, 3.63) is 53.4 Å². The number of carbonyl (C=O) groups excluding carboxylic acids is 1. The van der Waals surface area contributed by atoms with Crippen LogP contribution in [0.5, 0.6) is 0 Å². The summed E-state index contributed by atoms with van der Waals surface area (Å²) in [4.78, 5) is 11.9. The molecule has 0 radical (unpaired) electrons. The fourth-order valence-electron chi connectivity index (χ4n) is 1.84. The fourth-order valence-corrected chi connectivity index (χ4v) is 1.84. The SMILES string of the molecule is O=C(OCc1ccccc1)c1cnoc1C1CC1. The monoisotopic (exact) mass is 243 g/mol. The molecule has 2 aromatic rings. The van der Waals surface area contributed by atoms with Crippen LogP contribution >= 0.6 is 0 Å². The zero-order valence-corrected chi connectivity index (χ0v) is 9.83. The molecule has 4 heteroatoms. The van der Waals surface area contributed by atoms with Crippen molar-refractivity contribution in [1.29, 1.82) is 0 Å². The third-order valence-electron chi connectivity index (χ3n) is 2.98. The molecule has 0 spiro atoms. The molecule has 18 heavy (non-hydrogen) atoms. The first-order chi connectivity index (χ1) is 8.84. The van der Waals surface area contributed by atoms with Gasteiger partial charge in [0, 0.05) is 5.92 Å². The summed E-state index contributed by atoms with van der Waals surface area (Å²) in [7, 11) is 0. The van der Waals surface area contributed by atoms with E-state index in [9.17, 15) is 4.79 Å². The van der Waals surface area contributed by atoms with Gasteiger partial charge in [0.05, 0.1) is 6.20 Å². The molecule has 0 bridgehead atoms. The first-order valence-electron chi connectivity index (χ1n) is 6.00. The standard InChI is InChI=1S/C14H13NO3/c16-14(17-9-10-4-2-1-3-5-10)12-8-15-18-13(12)11-6-7-11/h1-5,8,11H,6-7,9H2. The van der Waals surface area contributed by atoms with Gasteiger partial charge in [-0.25, -0.2) is 4.79 Å². The molecular formula is C14H13NO3. The highest BCUT2D eigenvalue weighted by atomic mass is 16.5. The number of ether oxygens (including phenoxy) is 1. The Morgan fingerprint density at radius 2 is 2.11 bits per heavy atom. The van der Waals surface area contributed by atoms with E-state index in [-0.39, 0.29) is 12.6 Å². The zero-order chi connectivity index (χ0) is 12.4. The van der Waals surface area contributed by atoms with Crippen LogP contribution < -0.4 is 0 Å². The maximum Gasteiger partial charge on any atom is 0.343 e. The van der Waals surface area contributed by atoms with E-state index in [0.29, 0.717) is 17.2 Å². The lowest BCUT2D eigenvalue weighted by Crippen LogP contribution is -2.06. The van der Waals surface area contributed by atoms with E-state index in [1.54, 1.807) is 0 Å². The third kappa shape index (κ3) is 2.27. The highest BCUT2D eigenvalue weighted by Crippen LogP contribution is 2.41. The molecule has 4 nitrogen and oxygen atoms in total. The summed E-state index contributed by atoms with van der Waals surface area (Å²) in [5.74, 6) is 0.668. The highest BCUT2D eigenvalue weighted by Gasteiger charge is 2.32. The quantitative estimate of drug-likeness (QED) is 0.775. The van der Waals surface area contributed by atoms with Gasteiger partial charge >= 0.3 is 5.97 Å². The van der Waals surface area contributed by atoms with Crippen molar-refractivity contribution >= 4 is 5.97 Å². The van der Waals surface area contributed by atoms with Crippen LogP contribution in [0.15, 0.2) is 41.1 Å². The van der Waals surface area contributed by atoms with Crippen molar-refractivity contribution in [2.24, 2.45) is 0 Å². The second-order valence-corrected chi connectivity index (χ2v) is 4.44. The first kappa shape index (κ1) is 11.0. The Balaban J connectivity index is 1.66. The lowest BCUT2D eigenvalue weighted by atomic mass is 10.2. The van der Waals surface area contributed by atoms with Crippen LogP contribution in [0.3, 0.4) is 0 Å².